The van der Waals surface area contributed by atoms with Crippen molar-refractivity contribution in [1.29, 1.82) is 5.03 Å². The summed E-state index contributed by atoms with van der Waals surface area (Å²) in [6.45, 7) is 9.13. The van der Waals surface area contributed by atoms with Crippen LogP contribution in [0.4, 0.5) is 0 Å². The van der Waals surface area contributed by atoms with Crippen LogP contribution in [0.3, 0.4) is 0 Å². The molecule has 0 fully saturated rings. The van der Waals surface area contributed by atoms with Crippen LogP contribution in [-0.4, -0.2) is 91.5 Å². The monoisotopic (exact) mass is 1000 g/mol. The number of nitrogens with zero attached hydrogens (tertiary/aromatic N) is 3. The summed E-state index contributed by atoms with van der Waals surface area (Å²) in [7, 11) is 4.02. The van der Waals surface area contributed by atoms with E-state index in [4.69, 9.17) is 43.8 Å². The van der Waals surface area contributed by atoms with E-state index in [1.165, 1.54) is 135 Å². The zero-order valence-electron chi connectivity index (χ0n) is 47.0. The molecule has 0 bridgehead atoms. The molecule has 10 nitrogen and oxygen atoms in total. The van der Waals surface area contributed by atoms with E-state index in [0.717, 1.165) is 70.6 Å². The van der Waals surface area contributed by atoms with Crippen molar-refractivity contribution in [2.24, 2.45) is 5.11 Å². The lowest BCUT2D eigenvalue weighted by Crippen LogP contribution is -2.33. The molecule has 384 valence electrons. The Labute approximate surface area is 422 Å². The smallest absolute Gasteiger partial charge is 0.306 e. The lowest BCUT2D eigenvalue weighted by molar-refractivity contribution is -0.156. The average Bonchev–Trinajstić information content (AvgIpc) is 3.33. The molecule has 66 heavy (non-hydrogen) atoms. The van der Waals surface area contributed by atoms with Gasteiger partial charge in [-0.25, -0.2) is 0 Å². The van der Waals surface area contributed by atoms with E-state index in [0.29, 0.717) is 32.1 Å². The van der Waals surface area contributed by atoms with E-state index < -0.39 is 58.8 Å². The van der Waals surface area contributed by atoms with Gasteiger partial charge >= 0.3 is 11.9 Å². The third-order valence-corrected chi connectivity index (χ3v) is 14.0. The number of esters is 2. The summed E-state index contributed by atoms with van der Waals surface area (Å²) >= 11 is 0. The van der Waals surface area contributed by atoms with E-state index in [-0.39, 0.29) is 31.6 Å². The maximum absolute atomic E-state index is 12.6. The Bertz CT molecular complexity index is 1250. The topological polar surface area (TPSA) is 140 Å². The van der Waals surface area contributed by atoms with Gasteiger partial charge in [-0.2, -0.15) is 0 Å². The number of aliphatic hydroxyl groups is 1. The number of unbranched alkanes of at least 4 members (excludes halogenated alkanes) is 28. The quantitative estimate of drug-likeness (QED) is 0.0122. The van der Waals surface area contributed by atoms with Gasteiger partial charge in [0, 0.05) is 33.4 Å². The molecule has 0 aromatic rings. The Morgan fingerprint density at radius 3 is 1.24 bits per heavy atom. The number of ether oxygens (including phenoxy) is 2. The molecular formula is C50H103B2N3O7P2Si2. The molecule has 0 aliphatic rings. The fraction of sp³-hybridized carbons (Fsp3) is 0.960. The fourth-order valence-electron chi connectivity index (χ4n) is 8.03. The molecule has 6 unspecified atom stereocenters. The highest BCUT2D eigenvalue weighted by Crippen LogP contribution is 2.21. The van der Waals surface area contributed by atoms with Crippen molar-refractivity contribution in [1.82, 2.24) is 0 Å². The second-order valence-electron chi connectivity index (χ2n) is 18.4. The maximum atomic E-state index is 12.6. The molecule has 0 aliphatic carbocycles. The first-order chi connectivity index (χ1) is 33.8. The highest BCUT2D eigenvalue weighted by atomic mass is 31.3. The van der Waals surface area contributed by atoms with E-state index >= 15 is 0 Å². The summed E-state index contributed by atoms with van der Waals surface area (Å²) in [4.78, 5) is 28.0. The molecule has 0 heterocycles. The molecule has 0 spiro atoms. The fourth-order valence-corrected chi connectivity index (χ4v) is 9.32. The van der Waals surface area contributed by atoms with Gasteiger partial charge in [0.05, 0.1) is 29.6 Å². The summed E-state index contributed by atoms with van der Waals surface area (Å²) < 4.78 is 52.6. The number of carbonyl (C=O) groups excluding carboxylic acids is 2. The lowest BCUT2D eigenvalue weighted by atomic mass is 10.0. The predicted octanol–water partition coefficient (Wildman–Crippen LogP) is 14.3. The van der Waals surface area contributed by atoms with Crippen LogP contribution in [0, 0.1) is 0 Å². The standard InChI is InChI=1S/C25H51BN3O3PSi.C25H52BO4PSi/c1-3-5-7-9-11-13-15-17-19-24(23(28-29-27)21-22-31-34(26)33)32-25(30)20-18-16-14-12-10-8-6-4-2;1-3-5-7-9-11-13-15-17-19-24(23(27)21-22-29-32(26)31)30-25(28)20-18-16-14-12-10-8-6-4-2/h23-24,34H,3-22,33H2,1-2H3;23-24,27,32H,3-22,31H2,1-2H3/t23-,24?,34?;23-,24?,32?/m01/s1/i33T,34D;31T,32D/t23-,24?,33?,34?;23-,24?,31?,32?. The zero-order chi connectivity index (χ0) is 52.4. The number of rotatable bonds is 51. The van der Waals surface area contributed by atoms with Crippen LogP contribution in [0.1, 0.15) is 272 Å². The van der Waals surface area contributed by atoms with Crippen LogP contribution in [0.2, 0.25) is 0 Å². The maximum Gasteiger partial charge on any atom is 0.306 e. The number of azide groups is 1. The highest BCUT2D eigenvalue weighted by Gasteiger charge is 2.25. The summed E-state index contributed by atoms with van der Waals surface area (Å²) in [5.74, 6) is -0.466. The molecule has 8 atom stereocenters. The van der Waals surface area contributed by atoms with Gasteiger partial charge in [-0.15, -0.1) is 17.5 Å². The van der Waals surface area contributed by atoms with Gasteiger partial charge in [-0.3, -0.25) is 9.59 Å². The SMILES string of the molecule is [2H][Si]([B])(OCC[C@@H](O)C(CCCCCCCCCC)OC(=O)CCCCCCCCCC)P[3H].[2H][Si]([B])(OCC[C@H](N=[N+]=[N-])C(CCCCCCCCCC)OC(=O)CCCCCCCCCC)P[3H]. The Kier molecular flexibility index (Phi) is 48.9. The number of hydrogen-bond acceptors (Lipinski definition) is 8. The van der Waals surface area contributed by atoms with Crippen molar-refractivity contribution in [2.45, 2.75) is 296 Å². The Hall–Kier alpha value is -0.446. The molecule has 0 rings (SSSR count). The highest BCUT2D eigenvalue weighted by molar-refractivity contribution is 7.71. The first-order valence-corrected chi connectivity index (χ1v) is 33.1. The van der Waals surface area contributed by atoms with Gasteiger partial charge in [-0.05, 0) is 56.9 Å². The van der Waals surface area contributed by atoms with Crippen molar-refractivity contribution < 1.29 is 33.0 Å². The van der Waals surface area contributed by atoms with E-state index in [2.05, 4.69) is 37.7 Å². The van der Waals surface area contributed by atoms with Gasteiger partial charge in [0.15, 0.2) is 0 Å². The molecule has 0 amide bonds. The van der Waals surface area contributed by atoms with Crippen LogP contribution in [0.5, 0.6) is 0 Å². The molecule has 0 aromatic heterocycles. The third kappa shape index (κ3) is 50.0. The minimum Gasteiger partial charge on any atom is -0.462 e. The van der Waals surface area contributed by atoms with E-state index in [1.807, 2.05) is 0 Å². The van der Waals surface area contributed by atoms with Crippen LogP contribution in [0.15, 0.2) is 5.11 Å². The predicted molar refractivity (Wildman–Crippen MR) is 294 cm³/mol. The lowest BCUT2D eigenvalue weighted by Gasteiger charge is -2.24. The Morgan fingerprint density at radius 2 is 0.879 bits per heavy atom. The minimum absolute atomic E-state index is 0.128. The van der Waals surface area contributed by atoms with Crippen molar-refractivity contribution >= 4 is 61.3 Å². The van der Waals surface area contributed by atoms with Crippen molar-refractivity contribution in [3.63, 3.8) is 0 Å². The minimum atomic E-state index is -3.22. The van der Waals surface area contributed by atoms with E-state index in [9.17, 15) is 14.7 Å². The van der Waals surface area contributed by atoms with Crippen LogP contribution in [0.25, 0.3) is 10.4 Å². The molecule has 0 saturated carbocycles. The number of hydrogen-bond donors (Lipinski definition) is 1. The first-order valence-electron chi connectivity index (χ1n) is 29.1. The van der Waals surface area contributed by atoms with Crippen LogP contribution in [-0.2, 0) is 27.9 Å². The van der Waals surface area contributed by atoms with Gasteiger partial charge in [0.1, 0.15) is 29.2 Å². The van der Waals surface area contributed by atoms with Gasteiger partial charge < -0.3 is 23.4 Å². The Morgan fingerprint density at radius 1 is 0.561 bits per heavy atom. The van der Waals surface area contributed by atoms with Crippen molar-refractivity contribution in [2.75, 3.05) is 13.2 Å². The molecule has 0 saturated heterocycles. The van der Waals surface area contributed by atoms with Gasteiger partial charge in [0.2, 0.25) is 0 Å². The summed E-state index contributed by atoms with van der Waals surface area (Å²) in [6.07, 6.45) is 38.5. The number of aliphatic hydroxyl groups excluding tert-OH is 1. The average molecular weight is 1000 g/mol. The first kappa shape index (κ1) is 59.9. The third-order valence-electron chi connectivity index (χ3n) is 12.1. The van der Waals surface area contributed by atoms with Crippen LogP contribution >= 0.6 is 17.5 Å². The van der Waals surface area contributed by atoms with Gasteiger partial charge in [0.25, 0.3) is 0 Å². The second kappa shape index (κ2) is 53.9. The Balaban J connectivity index is 0. The summed E-state index contributed by atoms with van der Waals surface area (Å²) in [5.41, 5.74) is 9.11. The largest absolute Gasteiger partial charge is 0.462 e. The molecule has 0 aliphatic heterocycles. The molecular weight excluding hydrogens is 894 g/mol. The van der Waals surface area contributed by atoms with Crippen molar-refractivity contribution in [3.05, 3.63) is 10.4 Å². The molecule has 16 heteroatoms. The van der Waals surface area contributed by atoms with Crippen molar-refractivity contribution in [3.8, 4) is 0 Å². The molecule has 4 radical (unpaired) electrons. The zero-order valence-corrected chi connectivity index (χ0v) is 47.0. The second-order valence-corrected chi connectivity index (χ2v) is 23.4. The molecule has 1 N–H and O–H groups in total. The van der Waals surface area contributed by atoms with Gasteiger partial charge in [-0.1, -0.05) is 213 Å². The normalized spacial score (nSPS) is 16.1. The summed E-state index contributed by atoms with van der Waals surface area (Å²) in [5, 5.41) is 14.6. The van der Waals surface area contributed by atoms with Crippen LogP contribution < -0.4 is 0 Å². The summed E-state index contributed by atoms with van der Waals surface area (Å²) in [6, 6.07) is -0.555. The number of carbonyl (C=O) groups is 2. The molecule has 0 aromatic carbocycles. The van der Waals surface area contributed by atoms with E-state index in [1.54, 1.807) is 0 Å².